The first-order chi connectivity index (χ1) is 14.8. The van der Waals surface area contributed by atoms with Crippen LogP contribution in [-0.4, -0.2) is 25.8 Å². The molecule has 0 saturated carbocycles. The number of aryl methyl sites for hydroxylation is 1. The third-order valence-electron chi connectivity index (χ3n) is 4.77. The summed E-state index contributed by atoms with van der Waals surface area (Å²) in [7, 11) is 0. The third kappa shape index (κ3) is 4.02. The zero-order chi connectivity index (χ0) is 22.1. The number of nitrogens with two attached hydrogens (primary N) is 1. The number of amides is 2. The van der Waals surface area contributed by atoms with Crippen LogP contribution in [0.2, 0.25) is 0 Å². The number of nitrogens with one attached hydrogen (secondary N) is 2. The Kier molecular flexibility index (Phi) is 5.24. The van der Waals surface area contributed by atoms with Gasteiger partial charge in [-0.25, -0.2) is 23.8 Å². The number of hydrogen-bond acceptors (Lipinski definition) is 5. The number of nitrogen functional groups attached to an aromatic ring is 1. The van der Waals surface area contributed by atoms with Gasteiger partial charge in [0.15, 0.2) is 5.65 Å². The quantitative estimate of drug-likeness (QED) is 0.442. The van der Waals surface area contributed by atoms with Crippen LogP contribution in [0.15, 0.2) is 48.8 Å². The van der Waals surface area contributed by atoms with E-state index in [1.54, 1.807) is 22.9 Å². The van der Waals surface area contributed by atoms with Crippen molar-refractivity contribution >= 4 is 34.3 Å². The molecule has 9 heteroatoms. The first-order valence-electron chi connectivity index (χ1n) is 9.76. The van der Waals surface area contributed by atoms with E-state index in [4.69, 9.17) is 5.73 Å². The van der Waals surface area contributed by atoms with E-state index in [0.717, 1.165) is 5.56 Å². The van der Waals surface area contributed by atoms with Gasteiger partial charge in [0.05, 0.1) is 5.39 Å². The fraction of sp³-hybridized carbons (Fsp3) is 0.182. The summed E-state index contributed by atoms with van der Waals surface area (Å²) >= 11 is 0. The fourth-order valence-corrected chi connectivity index (χ4v) is 3.35. The molecule has 0 atom stereocenters. The number of aromatic nitrogens is 4. The maximum Gasteiger partial charge on any atom is 0.323 e. The molecule has 0 aliphatic carbocycles. The summed E-state index contributed by atoms with van der Waals surface area (Å²) in [6.07, 6.45) is 1.36. The zero-order valence-electron chi connectivity index (χ0n) is 17.3. The van der Waals surface area contributed by atoms with Gasteiger partial charge in [0, 0.05) is 23.0 Å². The highest BCUT2D eigenvalue weighted by Gasteiger charge is 2.21. The minimum atomic E-state index is -0.549. The van der Waals surface area contributed by atoms with Crippen LogP contribution in [0.25, 0.3) is 22.3 Å². The number of fused-ring (bicyclic) bond motifs is 1. The van der Waals surface area contributed by atoms with Crippen LogP contribution in [0.5, 0.6) is 0 Å². The largest absolute Gasteiger partial charge is 0.383 e. The predicted octanol–water partition coefficient (Wildman–Crippen LogP) is 4.75. The van der Waals surface area contributed by atoms with Gasteiger partial charge in [-0.1, -0.05) is 12.1 Å². The van der Waals surface area contributed by atoms with Gasteiger partial charge in [-0.15, -0.1) is 0 Å². The smallest absolute Gasteiger partial charge is 0.323 e. The number of urea groups is 1. The van der Waals surface area contributed by atoms with Crippen molar-refractivity contribution in [2.75, 3.05) is 16.4 Å². The molecular formula is C22H22FN7O. The third-order valence-corrected chi connectivity index (χ3v) is 4.77. The second-order valence-corrected chi connectivity index (χ2v) is 7.49. The number of anilines is 3. The molecule has 4 rings (SSSR count). The number of carbonyl (C=O) groups is 1. The molecule has 0 aliphatic heterocycles. The Morgan fingerprint density at radius 1 is 1.10 bits per heavy atom. The van der Waals surface area contributed by atoms with E-state index >= 15 is 4.39 Å². The normalized spacial score (nSPS) is 11.1. The minimum absolute atomic E-state index is 0.000120. The number of hydrogen-bond donors (Lipinski definition) is 3. The van der Waals surface area contributed by atoms with Gasteiger partial charge in [0.25, 0.3) is 0 Å². The van der Waals surface area contributed by atoms with Crippen molar-refractivity contribution in [2.24, 2.45) is 0 Å². The first kappa shape index (κ1) is 20.3. The van der Waals surface area contributed by atoms with E-state index in [-0.39, 0.29) is 17.4 Å². The van der Waals surface area contributed by atoms with E-state index in [0.29, 0.717) is 28.1 Å². The second-order valence-electron chi connectivity index (χ2n) is 7.49. The molecular weight excluding hydrogens is 397 g/mol. The van der Waals surface area contributed by atoms with E-state index in [1.807, 2.05) is 39.0 Å². The van der Waals surface area contributed by atoms with Crippen LogP contribution < -0.4 is 16.4 Å². The molecule has 8 nitrogen and oxygen atoms in total. The lowest BCUT2D eigenvalue weighted by atomic mass is 10.1. The zero-order valence-corrected chi connectivity index (χ0v) is 17.3. The van der Waals surface area contributed by atoms with Crippen molar-refractivity contribution < 1.29 is 9.18 Å². The van der Waals surface area contributed by atoms with Crippen LogP contribution >= 0.6 is 0 Å². The SMILES string of the molecule is Cc1cccc(NC(=O)Nc2ccc(-c3nn(C(C)C)c4ncnc(N)c34)c(F)c2)c1. The number of rotatable bonds is 4. The average molecular weight is 419 g/mol. The van der Waals surface area contributed by atoms with Crippen molar-refractivity contribution in [3.63, 3.8) is 0 Å². The number of benzene rings is 2. The molecule has 2 aromatic heterocycles. The molecule has 2 aromatic carbocycles. The molecule has 2 heterocycles. The van der Waals surface area contributed by atoms with Crippen LogP contribution in [0, 0.1) is 12.7 Å². The molecule has 4 aromatic rings. The lowest BCUT2D eigenvalue weighted by Crippen LogP contribution is -2.19. The van der Waals surface area contributed by atoms with Crippen LogP contribution in [-0.2, 0) is 0 Å². The molecule has 0 fully saturated rings. The maximum absolute atomic E-state index is 15.0. The van der Waals surface area contributed by atoms with Gasteiger partial charge >= 0.3 is 6.03 Å². The molecule has 4 N–H and O–H groups in total. The number of halogens is 1. The van der Waals surface area contributed by atoms with Crippen LogP contribution in [0.3, 0.4) is 0 Å². The van der Waals surface area contributed by atoms with Gasteiger partial charge in [0.2, 0.25) is 0 Å². The Labute approximate surface area is 178 Å². The lowest BCUT2D eigenvalue weighted by Gasteiger charge is -2.09. The predicted molar refractivity (Wildman–Crippen MR) is 119 cm³/mol. The lowest BCUT2D eigenvalue weighted by molar-refractivity contribution is 0.262. The molecule has 0 saturated heterocycles. The van der Waals surface area contributed by atoms with Crippen LogP contribution in [0.1, 0.15) is 25.5 Å². The summed E-state index contributed by atoms with van der Waals surface area (Å²) in [5.74, 6) is -0.321. The molecule has 0 unspecified atom stereocenters. The summed E-state index contributed by atoms with van der Waals surface area (Å²) in [4.78, 5) is 20.6. The van der Waals surface area contributed by atoms with Crippen molar-refractivity contribution in [1.82, 2.24) is 19.7 Å². The Morgan fingerprint density at radius 3 is 2.52 bits per heavy atom. The number of carbonyl (C=O) groups excluding carboxylic acids is 1. The first-order valence-corrected chi connectivity index (χ1v) is 9.76. The Balaban J connectivity index is 1.63. The van der Waals surface area contributed by atoms with Gasteiger partial charge in [-0.2, -0.15) is 5.10 Å². The van der Waals surface area contributed by atoms with E-state index in [2.05, 4.69) is 25.7 Å². The molecule has 158 valence electrons. The molecule has 0 radical (unpaired) electrons. The Hall–Kier alpha value is -4.01. The maximum atomic E-state index is 15.0. The second kappa shape index (κ2) is 8.02. The number of nitrogens with zero attached hydrogens (tertiary/aromatic N) is 4. The van der Waals surface area contributed by atoms with Gasteiger partial charge in [-0.05, 0) is 56.7 Å². The van der Waals surface area contributed by atoms with Crippen LogP contribution in [0.4, 0.5) is 26.4 Å². The highest BCUT2D eigenvalue weighted by molar-refractivity contribution is 6.01. The molecule has 0 bridgehead atoms. The summed E-state index contributed by atoms with van der Waals surface area (Å²) in [6.45, 7) is 5.83. The summed E-state index contributed by atoms with van der Waals surface area (Å²) in [6, 6.07) is 11.3. The van der Waals surface area contributed by atoms with E-state index < -0.39 is 11.8 Å². The highest BCUT2D eigenvalue weighted by atomic mass is 19.1. The fourth-order valence-electron chi connectivity index (χ4n) is 3.35. The van der Waals surface area contributed by atoms with Crippen molar-refractivity contribution in [2.45, 2.75) is 26.8 Å². The molecule has 2 amide bonds. The Morgan fingerprint density at radius 2 is 1.84 bits per heavy atom. The monoisotopic (exact) mass is 419 g/mol. The average Bonchev–Trinajstić information content (AvgIpc) is 3.09. The van der Waals surface area contributed by atoms with Gasteiger partial charge < -0.3 is 16.4 Å². The Bertz CT molecular complexity index is 1280. The van der Waals surface area contributed by atoms with Gasteiger partial charge in [-0.3, -0.25) is 0 Å². The standard InChI is InChI=1S/C22H22FN7O/c1-12(2)30-21-18(20(24)25-11-26-21)19(29-30)16-8-7-15(10-17(16)23)28-22(31)27-14-6-4-5-13(3)9-14/h4-12H,1-3H3,(H2,24,25,26)(H2,27,28,31). The topological polar surface area (TPSA) is 111 Å². The molecule has 0 aliphatic rings. The summed E-state index contributed by atoms with van der Waals surface area (Å²) < 4.78 is 16.7. The summed E-state index contributed by atoms with van der Waals surface area (Å²) in [5, 5.41) is 10.4. The summed E-state index contributed by atoms with van der Waals surface area (Å²) in [5.41, 5.74) is 9.16. The van der Waals surface area contributed by atoms with E-state index in [9.17, 15) is 4.79 Å². The molecule has 0 spiro atoms. The minimum Gasteiger partial charge on any atom is -0.383 e. The molecule has 31 heavy (non-hydrogen) atoms. The highest BCUT2D eigenvalue weighted by Crippen LogP contribution is 2.33. The van der Waals surface area contributed by atoms with Crippen molar-refractivity contribution in [1.29, 1.82) is 0 Å². The van der Waals surface area contributed by atoms with Crippen molar-refractivity contribution in [3.05, 3.63) is 60.2 Å². The van der Waals surface area contributed by atoms with E-state index in [1.165, 1.54) is 12.4 Å². The van der Waals surface area contributed by atoms with Gasteiger partial charge in [0.1, 0.15) is 23.7 Å². The van der Waals surface area contributed by atoms with Crippen molar-refractivity contribution in [3.8, 4) is 11.3 Å².